The highest BCUT2D eigenvalue weighted by atomic mass is 127. The highest BCUT2D eigenvalue weighted by Crippen LogP contribution is 2.27. The monoisotopic (exact) mass is 402 g/mol. The molecule has 2 rings (SSSR count). The van der Waals surface area contributed by atoms with E-state index < -0.39 is 5.91 Å². The van der Waals surface area contributed by atoms with Crippen LogP contribution in [0.25, 0.3) is 0 Å². The third kappa shape index (κ3) is 3.55. The fraction of sp³-hybridized carbons (Fsp3) is 0.467. The standard InChI is InChI=1S/C15H19IN2O3/c1-2-18-7-3-4-11(18)8-17-15(21)13-10(9-19)5-6-12(16)14(13)20/h5-6,9,11,20H,2-4,7-8H2,1H3,(H,17,21)/t11-/m0/s1. The SMILES string of the molecule is CCN1CCC[C@H]1CNC(=O)c1c(C=O)ccc(I)c1O. The van der Waals surface area contributed by atoms with Crippen LogP contribution < -0.4 is 5.32 Å². The smallest absolute Gasteiger partial charge is 0.255 e. The number of nitrogens with zero attached hydrogens (tertiary/aromatic N) is 1. The molecule has 0 spiro atoms. The largest absolute Gasteiger partial charge is 0.506 e. The molecule has 1 aliphatic heterocycles. The van der Waals surface area contributed by atoms with Gasteiger partial charge < -0.3 is 10.4 Å². The second-order valence-corrected chi connectivity index (χ2v) is 6.27. The molecule has 5 nitrogen and oxygen atoms in total. The van der Waals surface area contributed by atoms with Crippen LogP contribution >= 0.6 is 22.6 Å². The zero-order valence-electron chi connectivity index (χ0n) is 11.9. The molecule has 1 saturated heterocycles. The van der Waals surface area contributed by atoms with Crippen molar-refractivity contribution in [3.05, 3.63) is 26.8 Å². The van der Waals surface area contributed by atoms with E-state index in [2.05, 4.69) is 17.1 Å². The number of aromatic hydroxyl groups is 1. The summed E-state index contributed by atoms with van der Waals surface area (Å²) in [5.74, 6) is -0.521. The minimum Gasteiger partial charge on any atom is -0.506 e. The van der Waals surface area contributed by atoms with Gasteiger partial charge in [-0.25, -0.2) is 0 Å². The summed E-state index contributed by atoms with van der Waals surface area (Å²) >= 11 is 1.94. The summed E-state index contributed by atoms with van der Waals surface area (Å²) in [7, 11) is 0. The summed E-state index contributed by atoms with van der Waals surface area (Å²) in [5.41, 5.74) is 0.280. The van der Waals surface area contributed by atoms with Crippen LogP contribution in [0.3, 0.4) is 0 Å². The Hall–Kier alpha value is -1.15. The molecule has 0 radical (unpaired) electrons. The van der Waals surface area contributed by atoms with E-state index in [1.165, 1.54) is 0 Å². The van der Waals surface area contributed by atoms with Gasteiger partial charge in [0, 0.05) is 18.2 Å². The van der Waals surface area contributed by atoms with Crippen LogP contribution in [0, 0.1) is 3.57 Å². The van der Waals surface area contributed by atoms with Gasteiger partial charge in [0.05, 0.1) is 9.13 Å². The summed E-state index contributed by atoms with van der Waals surface area (Å²) in [6, 6.07) is 3.51. The van der Waals surface area contributed by atoms with Crippen LogP contribution in [0.2, 0.25) is 0 Å². The lowest BCUT2D eigenvalue weighted by Crippen LogP contribution is -2.40. The van der Waals surface area contributed by atoms with Crippen LogP contribution in [0.15, 0.2) is 12.1 Å². The Kier molecular flexibility index (Phi) is 5.58. The van der Waals surface area contributed by atoms with Gasteiger partial charge in [-0.3, -0.25) is 14.5 Å². The Balaban J connectivity index is 2.10. The number of carbonyl (C=O) groups is 2. The number of phenolic OH excluding ortho intramolecular Hbond substituents is 1. The van der Waals surface area contributed by atoms with Crippen molar-refractivity contribution in [1.82, 2.24) is 10.2 Å². The maximum absolute atomic E-state index is 12.3. The molecule has 21 heavy (non-hydrogen) atoms. The molecular weight excluding hydrogens is 383 g/mol. The summed E-state index contributed by atoms with van der Waals surface area (Å²) < 4.78 is 0.555. The minimum absolute atomic E-state index is 0.0675. The van der Waals surface area contributed by atoms with Gasteiger partial charge >= 0.3 is 0 Å². The molecular formula is C15H19IN2O3. The zero-order chi connectivity index (χ0) is 15.4. The molecule has 1 aromatic carbocycles. The number of carbonyl (C=O) groups excluding carboxylic acids is 2. The van der Waals surface area contributed by atoms with Crippen molar-refractivity contribution in [2.45, 2.75) is 25.8 Å². The van der Waals surface area contributed by atoms with Gasteiger partial charge in [0.15, 0.2) is 6.29 Å². The molecule has 1 aliphatic rings. The fourth-order valence-corrected chi connectivity index (χ4v) is 3.21. The third-order valence-electron chi connectivity index (χ3n) is 3.92. The number of benzene rings is 1. The lowest BCUT2D eigenvalue weighted by molar-refractivity contribution is 0.0933. The summed E-state index contributed by atoms with van der Waals surface area (Å²) in [4.78, 5) is 25.7. The second kappa shape index (κ2) is 7.22. The molecule has 1 amide bonds. The van der Waals surface area contributed by atoms with Gasteiger partial charge in [0.1, 0.15) is 5.75 Å². The molecule has 114 valence electrons. The summed E-state index contributed by atoms with van der Waals surface area (Å²) in [5, 5.41) is 12.9. The number of likely N-dealkylation sites (N-methyl/N-ethyl adjacent to an activating group) is 1. The predicted molar refractivity (Wildman–Crippen MR) is 88.8 cm³/mol. The minimum atomic E-state index is -0.393. The molecule has 0 bridgehead atoms. The van der Waals surface area contributed by atoms with Gasteiger partial charge in [0.25, 0.3) is 5.91 Å². The van der Waals surface area contributed by atoms with Gasteiger partial charge in [-0.1, -0.05) is 6.92 Å². The van der Waals surface area contributed by atoms with Gasteiger partial charge in [-0.15, -0.1) is 0 Å². The van der Waals surface area contributed by atoms with Crippen LogP contribution in [-0.2, 0) is 0 Å². The summed E-state index contributed by atoms with van der Waals surface area (Å²) in [6.45, 7) is 4.67. The molecule has 6 heteroatoms. The predicted octanol–water partition coefficient (Wildman–Crippen LogP) is 2.02. The highest BCUT2D eigenvalue weighted by Gasteiger charge is 2.25. The van der Waals surface area contributed by atoms with Crippen molar-refractivity contribution < 1.29 is 14.7 Å². The number of hydrogen-bond donors (Lipinski definition) is 2. The van der Waals surface area contributed by atoms with Crippen LogP contribution in [-0.4, -0.2) is 47.9 Å². The molecule has 1 fully saturated rings. The van der Waals surface area contributed by atoms with E-state index in [1.807, 2.05) is 22.6 Å². The molecule has 1 aromatic rings. The third-order valence-corrected chi connectivity index (χ3v) is 4.79. The van der Waals surface area contributed by atoms with Gasteiger partial charge in [0.2, 0.25) is 0 Å². The van der Waals surface area contributed by atoms with E-state index in [-0.39, 0.29) is 16.9 Å². The number of amides is 1. The van der Waals surface area contributed by atoms with Crippen molar-refractivity contribution in [1.29, 1.82) is 0 Å². The molecule has 0 aromatic heterocycles. The average Bonchev–Trinajstić information content (AvgIpc) is 2.94. The first-order valence-electron chi connectivity index (χ1n) is 7.07. The van der Waals surface area contributed by atoms with E-state index in [9.17, 15) is 14.7 Å². The number of aldehydes is 1. The van der Waals surface area contributed by atoms with Crippen molar-refractivity contribution in [2.75, 3.05) is 19.6 Å². The first-order chi connectivity index (χ1) is 10.1. The van der Waals surface area contributed by atoms with Crippen molar-refractivity contribution >= 4 is 34.8 Å². The maximum atomic E-state index is 12.3. The number of halogens is 1. The van der Waals surface area contributed by atoms with Crippen molar-refractivity contribution in [3.63, 3.8) is 0 Å². The molecule has 2 N–H and O–H groups in total. The van der Waals surface area contributed by atoms with Crippen molar-refractivity contribution in [2.24, 2.45) is 0 Å². The highest BCUT2D eigenvalue weighted by molar-refractivity contribution is 14.1. The van der Waals surface area contributed by atoms with E-state index in [4.69, 9.17) is 0 Å². The Bertz CT molecular complexity index is 548. The average molecular weight is 402 g/mol. The van der Waals surface area contributed by atoms with E-state index in [0.717, 1.165) is 25.9 Å². The Morgan fingerprint density at radius 2 is 2.33 bits per heavy atom. The molecule has 1 heterocycles. The second-order valence-electron chi connectivity index (χ2n) is 5.11. The number of likely N-dealkylation sites (tertiary alicyclic amines) is 1. The lowest BCUT2D eigenvalue weighted by Gasteiger charge is -2.23. The number of hydrogen-bond acceptors (Lipinski definition) is 4. The van der Waals surface area contributed by atoms with Crippen molar-refractivity contribution in [3.8, 4) is 5.75 Å². The quantitative estimate of drug-likeness (QED) is 0.584. The van der Waals surface area contributed by atoms with Crippen LogP contribution in [0.1, 0.15) is 40.5 Å². The fourth-order valence-electron chi connectivity index (χ4n) is 2.76. The van der Waals surface area contributed by atoms with Gasteiger partial charge in [-0.2, -0.15) is 0 Å². The zero-order valence-corrected chi connectivity index (χ0v) is 14.1. The summed E-state index contributed by atoms with van der Waals surface area (Å²) in [6.07, 6.45) is 2.80. The number of rotatable bonds is 5. The van der Waals surface area contributed by atoms with E-state index >= 15 is 0 Å². The maximum Gasteiger partial charge on any atom is 0.255 e. The van der Waals surface area contributed by atoms with Gasteiger partial charge in [-0.05, 0) is 60.7 Å². The first-order valence-corrected chi connectivity index (χ1v) is 8.15. The van der Waals surface area contributed by atoms with Crippen LogP contribution in [0.5, 0.6) is 5.75 Å². The van der Waals surface area contributed by atoms with Crippen LogP contribution in [0.4, 0.5) is 0 Å². The molecule has 0 unspecified atom stereocenters. The number of nitrogens with one attached hydrogen (secondary N) is 1. The number of phenols is 1. The van der Waals surface area contributed by atoms with E-state index in [1.54, 1.807) is 12.1 Å². The molecule has 0 saturated carbocycles. The van der Waals surface area contributed by atoms with E-state index in [0.29, 0.717) is 22.4 Å². The topological polar surface area (TPSA) is 69.6 Å². The normalized spacial score (nSPS) is 18.7. The Labute approximate surface area is 137 Å². The lowest BCUT2D eigenvalue weighted by atomic mass is 10.1. The Morgan fingerprint density at radius 1 is 1.57 bits per heavy atom. The molecule has 1 atom stereocenters. The molecule has 0 aliphatic carbocycles. The first kappa shape index (κ1) is 16.2. The Morgan fingerprint density at radius 3 is 3.00 bits per heavy atom.